The molecule has 3 aromatic carbocycles. The molecule has 4 aromatic rings. The maximum Gasteiger partial charge on any atom is 0.297 e. The van der Waals surface area contributed by atoms with Crippen LogP contribution in [0.1, 0.15) is 22.3 Å². The van der Waals surface area contributed by atoms with Gasteiger partial charge in [0.25, 0.3) is 10.1 Å². The van der Waals surface area contributed by atoms with E-state index in [0.29, 0.717) is 42.5 Å². The highest BCUT2D eigenvalue weighted by Crippen LogP contribution is 2.43. The van der Waals surface area contributed by atoms with Gasteiger partial charge in [-0.25, -0.2) is 0 Å². The standard InChI is InChI=1S/C18H19N3O3.C18H17NO6S/c22-17-8-14-15(21-17)3-4-16-18(14)24-13(11-23-16)10-20-7-5-12-2-1-6-19-9-12;1-11-2-4-13(5-3-11)26(21,22)24-10-12-9-23-16-7-6-15-14(18(16)25-12)8-17(20)19-15/h1-4,6,9,13,20H,5,7-8,10-11H2,(H,21,22);2-7,12H,8-10H2,1H3,(H,19,20)/t;12-/m.1/s1. The normalized spacial score (nSPS) is 18.3. The maximum atomic E-state index is 12.3. The second-order valence-electron chi connectivity index (χ2n) is 12.3. The molecule has 4 aliphatic rings. The number of carbonyl (C=O) groups excluding carboxylic acids is 2. The molecule has 5 heterocycles. The summed E-state index contributed by atoms with van der Waals surface area (Å²) in [6.07, 6.45) is 4.48. The first kappa shape index (κ1) is 33.3. The highest BCUT2D eigenvalue weighted by molar-refractivity contribution is 7.86. The molecule has 4 aliphatic heterocycles. The third-order valence-electron chi connectivity index (χ3n) is 8.49. The number of fused-ring (bicyclic) bond motifs is 6. The fourth-order valence-electron chi connectivity index (χ4n) is 5.92. The number of benzene rings is 3. The molecule has 260 valence electrons. The summed E-state index contributed by atoms with van der Waals surface area (Å²) in [4.78, 5) is 27.4. The first-order valence-corrected chi connectivity index (χ1v) is 17.7. The lowest BCUT2D eigenvalue weighted by molar-refractivity contribution is -0.116. The van der Waals surface area contributed by atoms with E-state index >= 15 is 0 Å². The van der Waals surface area contributed by atoms with Crippen LogP contribution in [0, 0.1) is 6.92 Å². The largest absolute Gasteiger partial charge is 0.486 e. The van der Waals surface area contributed by atoms with E-state index in [0.717, 1.165) is 41.1 Å². The Morgan fingerprint density at radius 3 is 2.08 bits per heavy atom. The Hall–Kier alpha value is -5.18. The van der Waals surface area contributed by atoms with Crippen molar-refractivity contribution in [1.82, 2.24) is 10.3 Å². The number of hydrogen-bond donors (Lipinski definition) is 3. The van der Waals surface area contributed by atoms with Crippen molar-refractivity contribution >= 4 is 33.3 Å². The lowest BCUT2D eigenvalue weighted by Gasteiger charge is -2.28. The third-order valence-corrected chi connectivity index (χ3v) is 9.79. The SMILES string of the molecule is Cc1ccc(S(=O)(=O)OC[C@H]2COc3ccc4c(c3O2)CC(=O)N4)cc1.O=C1Cc2c(ccc3c2OC(CNCCc2cccnc2)CO3)N1. The van der Waals surface area contributed by atoms with Gasteiger partial charge in [-0.2, -0.15) is 8.42 Å². The van der Waals surface area contributed by atoms with Gasteiger partial charge in [0.1, 0.15) is 25.9 Å². The van der Waals surface area contributed by atoms with Crippen LogP contribution in [0.2, 0.25) is 0 Å². The fourth-order valence-corrected chi connectivity index (χ4v) is 6.86. The van der Waals surface area contributed by atoms with Gasteiger partial charge in [0.15, 0.2) is 29.1 Å². The quantitative estimate of drug-likeness (QED) is 0.173. The number of rotatable bonds is 9. The van der Waals surface area contributed by atoms with Crippen molar-refractivity contribution in [3.05, 3.63) is 95.3 Å². The van der Waals surface area contributed by atoms with Crippen molar-refractivity contribution in [2.24, 2.45) is 0 Å². The van der Waals surface area contributed by atoms with Crippen LogP contribution in [0.4, 0.5) is 11.4 Å². The van der Waals surface area contributed by atoms with E-state index in [2.05, 4.69) is 27.0 Å². The number of pyridine rings is 1. The molecule has 0 saturated carbocycles. The topological polar surface area (TPSA) is 163 Å². The number of anilines is 2. The van der Waals surface area contributed by atoms with Gasteiger partial charge in [0.2, 0.25) is 11.8 Å². The summed E-state index contributed by atoms with van der Waals surface area (Å²) in [7, 11) is -3.88. The zero-order chi connectivity index (χ0) is 34.7. The van der Waals surface area contributed by atoms with Crippen molar-refractivity contribution in [2.45, 2.75) is 43.3 Å². The summed E-state index contributed by atoms with van der Waals surface area (Å²) < 4.78 is 53.1. The average molecular weight is 701 g/mol. The molecule has 0 radical (unpaired) electrons. The minimum atomic E-state index is -3.88. The monoisotopic (exact) mass is 700 g/mol. The van der Waals surface area contributed by atoms with E-state index in [-0.39, 0.29) is 42.4 Å². The van der Waals surface area contributed by atoms with Crippen LogP contribution in [0.25, 0.3) is 0 Å². The van der Waals surface area contributed by atoms with Gasteiger partial charge in [-0.1, -0.05) is 23.8 Å². The maximum absolute atomic E-state index is 12.3. The number of hydrogen-bond acceptors (Lipinski definition) is 11. The highest BCUT2D eigenvalue weighted by atomic mass is 32.2. The Kier molecular flexibility index (Phi) is 9.57. The number of aryl methyl sites for hydroxylation is 1. The van der Waals surface area contributed by atoms with E-state index in [4.69, 9.17) is 23.1 Å². The molecule has 0 aliphatic carbocycles. The molecule has 1 unspecified atom stereocenters. The van der Waals surface area contributed by atoms with Crippen molar-refractivity contribution in [3.63, 3.8) is 0 Å². The summed E-state index contributed by atoms with van der Waals surface area (Å²) in [5.41, 5.74) is 5.30. The predicted octanol–water partition coefficient (Wildman–Crippen LogP) is 3.58. The van der Waals surface area contributed by atoms with Crippen molar-refractivity contribution in [3.8, 4) is 23.0 Å². The Morgan fingerprint density at radius 2 is 1.46 bits per heavy atom. The van der Waals surface area contributed by atoms with Crippen LogP contribution in [0.3, 0.4) is 0 Å². The lowest BCUT2D eigenvalue weighted by atomic mass is 10.1. The first-order chi connectivity index (χ1) is 24.2. The number of nitrogens with one attached hydrogen (secondary N) is 3. The number of nitrogens with zero attached hydrogens (tertiary/aromatic N) is 1. The number of ether oxygens (including phenoxy) is 4. The van der Waals surface area contributed by atoms with Crippen LogP contribution in [-0.2, 0) is 43.2 Å². The van der Waals surface area contributed by atoms with E-state index in [9.17, 15) is 18.0 Å². The molecule has 8 rings (SSSR count). The second kappa shape index (κ2) is 14.4. The lowest BCUT2D eigenvalue weighted by Crippen LogP contribution is -2.39. The minimum Gasteiger partial charge on any atom is -0.486 e. The molecule has 13 nitrogen and oxygen atoms in total. The zero-order valence-corrected chi connectivity index (χ0v) is 28.1. The molecule has 0 saturated heterocycles. The molecule has 0 fully saturated rings. The molecule has 0 bridgehead atoms. The Balaban J connectivity index is 0.000000157. The van der Waals surface area contributed by atoms with Crippen LogP contribution >= 0.6 is 0 Å². The van der Waals surface area contributed by atoms with Crippen LogP contribution in [-0.4, -0.2) is 70.3 Å². The van der Waals surface area contributed by atoms with Gasteiger partial charge < -0.3 is 34.9 Å². The molecular formula is C36H36N4O9S. The van der Waals surface area contributed by atoms with Gasteiger partial charge in [0, 0.05) is 41.4 Å². The molecule has 2 atom stereocenters. The predicted molar refractivity (Wildman–Crippen MR) is 183 cm³/mol. The van der Waals surface area contributed by atoms with Crippen LogP contribution in [0.15, 0.2) is 78.0 Å². The van der Waals surface area contributed by atoms with Crippen molar-refractivity contribution < 1.29 is 41.1 Å². The first-order valence-electron chi connectivity index (χ1n) is 16.3. The molecule has 14 heteroatoms. The van der Waals surface area contributed by atoms with E-state index in [1.807, 2.05) is 31.3 Å². The van der Waals surface area contributed by atoms with Gasteiger partial charge >= 0.3 is 0 Å². The van der Waals surface area contributed by atoms with E-state index < -0.39 is 16.2 Å². The molecule has 2 amide bonds. The van der Waals surface area contributed by atoms with E-state index in [1.54, 1.807) is 30.5 Å². The summed E-state index contributed by atoms with van der Waals surface area (Å²) in [5.74, 6) is 2.32. The second-order valence-corrected chi connectivity index (χ2v) is 13.9. The highest BCUT2D eigenvalue weighted by Gasteiger charge is 2.32. The summed E-state index contributed by atoms with van der Waals surface area (Å²) >= 11 is 0. The van der Waals surface area contributed by atoms with Crippen LogP contribution in [0.5, 0.6) is 23.0 Å². The van der Waals surface area contributed by atoms with Gasteiger partial charge in [0.05, 0.1) is 17.7 Å². The van der Waals surface area contributed by atoms with Crippen molar-refractivity contribution in [2.75, 3.05) is 43.5 Å². The fraction of sp³-hybridized carbons (Fsp3) is 0.306. The summed E-state index contributed by atoms with van der Waals surface area (Å²) in [5, 5.41) is 8.98. The van der Waals surface area contributed by atoms with Gasteiger partial charge in [-0.15, -0.1) is 0 Å². The van der Waals surface area contributed by atoms with Gasteiger partial charge in [-0.05, 0) is 67.9 Å². The molecule has 50 heavy (non-hydrogen) atoms. The molecule has 3 N–H and O–H groups in total. The summed E-state index contributed by atoms with van der Waals surface area (Å²) in [6, 6.07) is 17.6. The Bertz CT molecular complexity index is 2010. The summed E-state index contributed by atoms with van der Waals surface area (Å²) in [6.45, 7) is 3.92. The van der Waals surface area contributed by atoms with Gasteiger partial charge in [-0.3, -0.25) is 18.8 Å². The Morgan fingerprint density at radius 1 is 0.840 bits per heavy atom. The average Bonchev–Trinajstić information content (AvgIpc) is 3.71. The van der Waals surface area contributed by atoms with Crippen molar-refractivity contribution in [1.29, 1.82) is 0 Å². The minimum absolute atomic E-state index is 0.00119. The molecule has 1 aromatic heterocycles. The Labute approximate surface area is 289 Å². The smallest absolute Gasteiger partial charge is 0.297 e. The zero-order valence-electron chi connectivity index (χ0n) is 27.3. The third kappa shape index (κ3) is 7.52. The number of aromatic nitrogens is 1. The molecular weight excluding hydrogens is 664 g/mol. The van der Waals surface area contributed by atoms with E-state index in [1.165, 1.54) is 17.7 Å². The number of amides is 2. The molecule has 0 spiro atoms. The van der Waals surface area contributed by atoms with Crippen LogP contribution < -0.4 is 34.9 Å². The number of carbonyl (C=O) groups is 2.